The quantitative estimate of drug-likeness (QED) is 0.700. The predicted molar refractivity (Wildman–Crippen MR) is 114 cm³/mol. The first-order valence-electron chi connectivity index (χ1n) is 10.2. The van der Waals surface area contributed by atoms with Gasteiger partial charge in [0.2, 0.25) is 5.88 Å². The molecule has 30 heavy (non-hydrogen) atoms. The Labute approximate surface area is 185 Å². The highest BCUT2D eigenvalue weighted by Crippen LogP contribution is 2.64. The molecule has 4 aliphatic rings. The molecule has 1 saturated heterocycles. The average molecular weight is 448 g/mol. The number of aromatic nitrogens is 1. The molecule has 1 amide bonds. The lowest BCUT2D eigenvalue weighted by Gasteiger charge is -2.73. The molecule has 1 aromatic carbocycles. The molecule has 1 unspecified atom stereocenters. The van der Waals surface area contributed by atoms with E-state index in [1.807, 2.05) is 24.3 Å². The van der Waals surface area contributed by atoms with Gasteiger partial charge in [0.25, 0.3) is 5.91 Å². The molecule has 2 heterocycles. The normalized spacial score (nSPS) is 29.6. The second-order valence-electron chi connectivity index (χ2n) is 8.61. The number of nitrogens with zero attached hydrogens (tertiary/aromatic N) is 2. The van der Waals surface area contributed by atoms with E-state index in [2.05, 4.69) is 15.2 Å². The summed E-state index contributed by atoms with van der Waals surface area (Å²) in [6.45, 7) is 1.93. The van der Waals surface area contributed by atoms with Gasteiger partial charge in [0.1, 0.15) is 11.9 Å². The van der Waals surface area contributed by atoms with Crippen LogP contribution in [0.3, 0.4) is 0 Å². The van der Waals surface area contributed by atoms with Crippen molar-refractivity contribution in [2.75, 3.05) is 19.7 Å². The van der Waals surface area contributed by atoms with Gasteiger partial charge in [0, 0.05) is 41.5 Å². The average Bonchev–Trinajstić information content (AvgIpc) is 3.13. The van der Waals surface area contributed by atoms with Crippen molar-refractivity contribution in [2.45, 2.75) is 42.9 Å². The van der Waals surface area contributed by atoms with E-state index in [-0.39, 0.29) is 29.7 Å². The fourth-order valence-corrected chi connectivity index (χ4v) is 5.32. The zero-order valence-electron chi connectivity index (χ0n) is 16.4. The summed E-state index contributed by atoms with van der Waals surface area (Å²) in [5.41, 5.74) is 0.160. The van der Waals surface area contributed by atoms with Crippen molar-refractivity contribution >= 4 is 29.1 Å². The van der Waals surface area contributed by atoms with Gasteiger partial charge in [-0.05, 0) is 56.0 Å². The van der Waals surface area contributed by atoms with Gasteiger partial charge in [0.15, 0.2) is 6.61 Å². The summed E-state index contributed by atoms with van der Waals surface area (Å²) in [6, 6.07) is 10.9. The third kappa shape index (κ3) is 3.84. The van der Waals surface area contributed by atoms with Gasteiger partial charge < -0.3 is 14.8 Å². The molecule has 3 saturated carbocycles. The van der Waals surface area contributed by atoms with E-state index >= 15 is 0 Å². The molecule has 1 aliphatic heterocycles. The van der Waals surface area contributed by atoms with Gasteiger partial charge in [-0.2, -0.15) is 0 Å². The number of carbonyl (C=O) groups excluding carboxylic acids is 1. The molecule has 158 valence electrons. The Morgan fingerprint density at radius 2 is 1.87 bits per heavy atom. The molecule has 0 radical (unpaired) electrons. The minimum absolute atomic E-state index is 0.0376. The SMILES string of the molecule is O=C(COc1ccc(Cl)cn1)NC12CC(N3CCC(Oc4ccc(Cl)cc4)C3)(C1)C2. The molecule has 6 nitrogen and oxygen atoms in total. The van der Waals surface area contributed by atoms with Gasteiger partial charge >= 0.3 is 0 Å². The van der Waals surface area contributed by atoms with Crippen LogP contribution < -0.4 is 14.8 Å². The number of halogens is 2. The van der Waals surface area contributed by atoms with E-state index in [0.29, 0.717) is 15.9 Å². The second-order valence-corrected chi connectivity index (χ2v) is 9.49. The number of amides is 1. The van der Waals surface area contributed by atoms with Crippen LogP contribution in [0.1, 0.15) is 25.7 Å². The highest BCUT2D eigenvalue weighted by molar-refractivity contribution is 6.30. The van der Waals surface area contributed by atoms with Crippen molar-refractivity contribution in [2.24, 2.45) is 0 Å². The number of benzene rings is 1. The highest BCUT2D eigenvalue weighted by Gasteiger charge is 2.71. The third-order valence-corrected chi connectivity index (χ3v) is 6.87. The molecule has 1 N–H and O–H groups in total. The lowest BCUT2D eigenvalue weighted by molar-refractivity contribution is -0.179. The molecule has 1 atom stereocenters. The zero-order chi connectivity index (χ0) is 20.8. The molecular formula is C22H23Cl2N3O3. The van der Waals surface area contributed by atoms with E-state index in [0.717, 1.165) is 44.5 Å². The molecule has 2 bridgehead atoms. The van der Waals surface area contributed by atoms with Crippen LogP contribution in [-0.2, 0) is 4.79 Å². The minimum Gasteiger partial charge on any atom is -0.489 e. The molecular weight excluding hydrogens is 425 g/mol. The van der Waals surface area contributed by atoms with Crippen molar-refractivity contribution in [3.05, 3.63) is 52.6 Å². The lowest BCUT2D eigenvalue weighted by atomic mass is 9.43. The summed E-state index contributed by atoms with van der Waals surface area (Å²) in [5.74, 6) is 1.15. The zero-order valence-corrected chi connectivity index (χ0v) is 18.0. The van der Waals surface area contributed by atoms with Crippen molar-refractivity contribution in [1.29, 1.82) is 0 Å². The maximum Gasteiger partial charge on any atom is 0.258 e. The van der Waals surface area contributed by atoms with Gasteiger partial charge in [-0.3, -0.25) is 9.69 Å². The molecule has 3 aliphatic carbocycles. The first-order valence-corrected chi connectivity index (χ1v) is 10.9. The monoisotopic (exact) mass is 447 g/mol. The topological polar surface area (TPSA) is 63.7 Å². The minimum atomic E-state index is -0.106. The van der Waals surface area contributed by atoms with Crippen molar-refractivity contribution in [3.63, 3.8) is 0 Å². The second kappa shape index (κ2) is 7.59. The van der Waals surface area contributed by atoms with Crippen LogP contribution in [0.5, 0.6) is 11.6 Å². The van der Waals surface area contributed by atoms with E-state index in [4.69, 9.17) is 32.7 Å². The molecule has 1 aromatic heterocycles. The van der Waals surface area contributed by atoms with Gasteiger partial charge in [-0.15, -0.1) is 0 Å². The van der Waals surface area contributed by atoms with Crippen LogP contribution in [0, 0.1) is 0 Å². The van der Waals surface area contributed by atoms with E-state index in [9.17, 15) is 4.79 Å². The lowest BCUT2D eigenvalue weighted by Crippen LogP contribution is -2.83. The summed E-state index contributed by atoms with van der Waals surface area (Å²) in [7, 11) is 0. The summed E-state index contributed by atoms with van der Waals surface area (Å²) in [4.78, 5) is 18.9. The number of pyridine rings is 1. The summed E-state index contributed by atoms with van der Waals surface area (Å²) in [5, 5.41) is 4.41. The standard InChI is InChI=1S/C22H23Cl2N3O3/c23-15-1-4-17(5-2-15)30-18-7-8-27(10-18)22-12-21(13-22,14-22)26-19(28)11-29-20-6-3-16(24)9-25-20/h1-6,9,18H,7-8,10-14H2,(H,26,28). The largest absolute Gasteiger partial charge is 0.489 e. The number of hydrogen-bond acceptors (Lipinski definition) is 5. The first-order chi connectivity index (χ1) is 14.4. The molecule has 6 rings (SSSR count). The maximum absolute atomic E-state index is 12.3. The fraction of sp³-hybridized carbons (Fsp3) is 0.455. The highest BCUT2D eigenvalue weighted by atomic mass is 35.5. The Bertz CT molecular complexity index is 916. The molecule has 4 fully saturated rings. The Hall–Kier alpha value is -2.02. The van der Waals surface area contributed by atoms with Gasteiger partial charge in [-0.25, -0.2) is 4.98 Å². The predicted octanol–water partition coefficient (Wildman–Crippen LogP) is 3.71. The Balaban J connectivity index is 1.06. The van der Waals surface area contributed by atoms with Crippen LogP contribution in [-0.4, -0.2) is 52.7 Å². The van der Waals surface area contributed by atoms with Crippen LogP contribution in [0.15, 0.2) is 42.6 Å². The number of ether oxygens (including phenoxy) is 2. The number of carbonyl (C=O) groups is 1. The van der Waals surface area contributed by atoms with Crippen LogP contribution in [0.25, 0.3) is 0 Å². The van der Waals surface area contributed by atoms with Gasteiger partial charge in [0.05, 0.1) is 5.02 Å². The summed E-state index contributed by atoms with van der Waals surface area (Å²) in [6.07, 6.45) is 5.72. The van der Waals surface area contributed by atoms with Crippen molar-refractivity contribution in [1.82, 2.24) is 15.2 Å². The smallest absolute Gasteiger partial charge is 0.258 e. The number of likely N-dealkylation sites (tertiary alicyclic amines) is 1. The number of hydrogen-bond donors (Lipinski definition) is 1. The van der Waals surface area contributed by atoms with Crippen LogP contribution in [0.2, 0.25) is 10.0 Å². The molecule has 8 heteroatoms. The maximum atomic E-state index is 12.3. The Morgan fingerprint density at radius 1 is 1.13 bits per heavy atom. The summed E-state index contributed by atoms with van der Waals surface area (Å²) < 4.78 is 11.6. The number of rotatable bonds is 7. The Morgan fingerprint density at radius 3 is 2.57 bits per heavy atom. The molecule has 0 spiro atoms. The fourth-order valence-electron chi connectivity index (χ4n) is 5.08. The van der Waals surface area contributed by atoms with Crippen LogP contribution >= 0.6 is 23.2 Å². The first kappa shape index (κ1) is 19.9. The number of nitrogens with one attached hydrogen (secondary N) is 1. The summed E-state index contributed by atoms with van der Waals surface area (Å²) >= 11 is 11.7. The van der Waals surface area contributed by atoms with Crippen molar-refractivity contribution in [3.8, 4) is 11.6 Å². The molecule has 2 aromatic rings. The van der Waals surface area contributed by atoms with E-state index in [1.54, 1.807) is 12.1 Å². The third-order valence-electron chi connectivity index (χ3n) is 6.39. The van der Waals surface area contributed by atoms with Crippen LogP contribution in [0.4, 0.5) is 0 Å². The van der Waals surface area contributed by atoms with Gasteiger partial charge in [-0.1, -0.05) is 23.2 Å². The van der Waals surface area contributed by atoms with E-state index < -0.39 is 0 Å². The Kier molecular flexibility index (Phi) is 5.04. The van der Waals surface area contributed by atoms with Crippen molar-refractivity contribution < 1.29 is 14.3 Å². The van der Waals surface area contributed by atoms with E-state index in [1.165, 1.54) is 6.20 Å².